The van der Waals surface area contributed by atoms with E-state index in [0.717, 1.165) is 42.6 Å². The van der Waals surface area contributed by atoms with Crippen molar-refractivity contribution in [3.63, 3.8) is 0 Å². The summed E-state index contributed by atoms with van der Waals surface area (Å²) in [6.07, 6.45) is 4.56. The molecular formula is C27H34N2O3. The molecule has 4 rings (SSSR count). The van der Waals surface area contributed by atoms with E-state index in [1.165, 1.54) is 0 Å². The van der Waals surface area contributed by atoms with Crippen LogP contribution in [-0.2, 0) is 11.2 Å². The Morgan fingerprint density at radius 1 is 1.12 bits per heavy atom. The Morgan fingerprint density at radius 2 is 1.81 bits per heavy atom. The van der Waals surface area contributed by atoms with Crippen LogP contribution in [0, 0.1) is 5.92 Å². The van der Waals surface area contributed by atoms with E-state index < -0.39 is 5.54 Å². The molecule has 2 aromatic carbocycles. The van der Waals surface area contributed by atoms with Crippen LogP contribution in [0.5, 0.6) is 5.75 Å². The van der Waals surface area contributed by atoms with E-state index in [4.69, 9.17) is 4.74 Å². The maximum absolute atomic E-state index is 13.7. The molecule has 0 bridgehead atoms. The second-order valence-corrected chi connectivity index (χ2v) is 9.49. The van der Waals surface area contributed by atoms with Gasteiger partial charge in [0.25, 0.3) is 5.91 Å². The lowest BCUT2D eigenvalue weighted by Crippen LogP contribution is -2.61. The molecule has 1 aliphatic carbocycles. The number of carbonyl (C=O) groups excluding carboxylic acids is 2. The second-order valence-electron chi connectivity index (χ2n) is 9.49. The molecule has 32 heavy (non-hydrogen) atoms. The van der Waals surface area contributed by atoms with Gasteiger partial charge in [0.1, 0.15) is 5.75 Å². The molecule has 1 heterocycles. The zero-order chi connectivity index (χ0) is 22.7. The number of para-hydroxylation sites is 1. The molecule has 0 aromatic heterocycles. The first-order valence-electron chi connectivity index (χ1n) is 11.8. The molecule has 0 saturated heterocycles. The van der Waals surface area contributed by atoms with E-state index >= 15 is 0 Å². The van der Waals surface area contributed by atoms with Gasteiger partial charge in [0.05, 0.1) is 18.6 Å². The van der Waals surface area contributed by atoms with E-state index in [0.29, 0.717) is 31.0 Å². The number of carbonyl (C=O) groups is 2. The van der Waals surface area contributed by atoms with E-state index in [9.17, 15) is 9.59 Å². The fourth-order valence-corrected chi connectivity index (χ4v) is 5.63. The summed E-state index contributed by atoms with van der Waals surface area (Å²) < 4.78 is 5.45. The third kappa shape index (κ3) is 4.01. The molecule has 1 atom stereocenters. The van der Waals surface area contributed by atoms with Gasteiger partial charge in [-0.25, -0.2) is 0 Å². The first-order valence-corrected chi connectivity index (χ1v) is 11.8. The van der Waals surface area contributed by atoms with Gasteiger partial charge < -0.3 is 15.0 Å². The van der Waals surface area contributed by atoms with Crippen LogP contribution in [0.3, 0.4) is 0 Å². The molecule has 1 spiro atoms. The fourth-order valence-electron chi connectivity index (χ4n) is 5.63. The van der Waals surface area contributed by atoms with Gasteiger partial charge in [-0.3, -0.25) is 9.59 Å². The molecule has 1 fully saturated rings. The molecule has 1 saturated carbocycles. The Morgan fingerprint density at radius 3 is 2.53 bits per heavy atom. The minimum absolute atomic E-state index is 0.0236. The summed E-state index contributed by atoms with van der Waals surface area (Å²) in [7, 11) is 1.67. The third-order valence-electron chi connectivity index (χ3n) is 6.99. The monoisotopic (exact) mass is 434 g/mol. The van der Waals surface area contributed by atoms with E-state index in [1.807, 2.05) is 53.4 Å². The Labute approximate surface area is 191 Å². The second kappa shape index (κ2) is 9.35. The zero-order valence-electron chi connectivity index (χ0n) is 19.4. The first-order chi connectivity index (χ1) is 15.5. The van der Waals surface area contributed by atoms with Gasteiger partial charge in [-0.1, -0.05) is 63.1 Å². The summed E-state index contributed by atoms with van der Waals surface area (Å²) in [5.41, 5.74) is 2.21. The molecule has 2 aliphatic rings. The van der Waals surface area contributed by atoms with Gasteiger partial charge in [0, 0.05) is 18.7 Å². The van der Waals surface area contributed by atoms with E-state index in [2.05, 4.69) is 19.2 Å². The summed E-state index contributed by atoms with van der Waals surface area (Å²) >= 11 is 0. The number of nitrogens with zero attached hydrogens (tertiary/aromatic N) is 1. The van der Waals surface area contributed by atoms with E-state index in [-0.39, 0.29) is 17.7 Å². The Hall–Kier alpha value is -2.82. The van der Waals surface area contributed by atoms with Crippen molar-refractivity contribution in [1.29, 1.82) is 0 Å². The number of methoxy groups -OCH3 is 1. The normalized spacial score (nSPS) is 19.3. The van der Waals surface area contributed by atoms with Crippen molar-refractivity contribution in [1.82, 2.24) is 10.2 Å². The molecule has 2 aromatic rings. The fraction of sp³-hybridized carbons (Fsp3) is 0.481. The van der Waals surface area contributed by atoms with Gasteiger partial charge in [-0.05, 0) is 48.4 Å². The zero-order valence-corrected chi connectivity index (χ0v) is 19.4. The van der Waals surface area contributed by atoms with Crippen LogP contribution >= 0.6 is 0 Å². The van der Waals surface area contributed by atoms with Crippen LogP contribution in [0.4, 0.5) is 0 Å². The van der Waals surface area contributed by atoms with Gasteiger partial charge in [-0.2, -0.15) is 0 Å². The number of hydrogen-bond acceptors (Lipinski definition) is 3. The molecule has 0 unspecified atom stereocenters. The predicted octanol–water partition coefficient (Wildman–Crippen LogP) is 4.56. The van der Waals surface area contributed by atoms with Crippen LogP contribution in [0.1, 0.15) is 66.9 Å². The van der Waals surface area contributed by atoms with Gasteiger partial charge in [-0.15, -0.1) is 0 Å². The summed E-state index contributed by atoms with van der Waals surface area (Å²) in [6.45, 7) is 5.49. The summed E-state index contributed by atoms with van der Waals surface area (Å²) in [5, 5.41) is 3.20. The van der Waals surface area contributed by atoms with Crippen LogP contribution in [0.2, 0.25) is 0 Å². The Bertz CT molecular complexity index is 978. The van der Waals surface area contributed by atoms with Gasteiger partial charge >= 0.3 is 0 Å². The lowest BCUT2D eigenvalue weighted by molar-refractivity contribution is -0.126. The number of amides is 2. The highest BCUT2D eigenvalue weighted by Crippen LogP contribution is 2.50. The lowest BCUT2D eigenvalue weighted by Gasteiger charge is -2.50. The molecule has 170 valence electrons. The smallest absolute Gasteiger partial charge is 0.254 e. The molecule has 1 aliphatic heterocycles. The molecule has 5 nitrogen and oxygen atoms in total. The molecule has 2 amide bonds. The number of fused-ring (bicyclic) bond motifs is 1. The Balaban J connectivity index is 1.63. The standard InChI is InChI=1S/C27H34N2O3/c1-19(2)18-29-26(31)22-12-6-5-11-21(22)24(27(29)15-8-9-16-27)25(30)28-17-14-20-10-4-7-13-23(20)32-3/h4-7,10-13,19,24H,8-9,14-18H2,1-3H3,(H,28,30)/t24-/m1/s1. The van der Waals surface area contributed by atoms with Crippen LogP contribution in [0.25, 0.3) is 0 Å². The summed E-state index contributed by atoms with van der Waals surface area (Å²) in [4.78, 5) is 29.3. The highest BCUT2D eigenvalue weighted by Gasteiger charge is 2.55. The predicted molar refractivity (Wildman–Crippen MR) is 126 cm³/mol. The lowest BCUT2D eigenvalue weighted by atomic mass is 9.70. The highest BCUT2D eigenvalue weighted by atomic mass is 16.5. The maximum Gasteiger partial charge on any atom is 0.254 e. The molecule has 5 heteroatoms. The minimum Gasteiger partial charge on any atom is -0.496 e. The summed E-state index contributed by atoms with van der Waals surface area (Å²) in [6, 6.07) is 15.6. The van der Waals surface area contributed by atoms with Crippen LogP contribution in [0.15, 0.2) is 48.5 Å². The maximum atomic E-state index is 13.7. The number of hydrogen-bond donors (Lipinski definition) is 1. The highest BCUT2D eigenvalue weighted by molar-refractivity contribution is 6.02. The quantitative estimate of drug-likeness (QED) is 0.695. The van der Waals surface area contributed by atoms with Crippen molar-refractivity contribution in [3.8, 4) is 5.75 Å². The average molecular weight is 435 g/mol. The van der Waals surface area contributed by atoms with Crippen molar-refractivity contribution < 1.29 is 14.3 Å². The number of ether oxygens (including phenoxy) is 1. The van der Waals surface area contributed by atoms with Crippen molar-refractivity contribution in [3.05, 3.63) is 65.2 Å². The average Bonchev–Trinajstić information content (AvgIpc) is 3.27. The largest absolute Gasteiger partial charge is 0.496 e. The number of rotatable bonds is 7. The molecule has 0 radical (unpaired) electrons. The number of benzene rings is 2. The summed E-state index contributed by atoms with van der Waals surface area (Å²) in [5.74, 6) is 0.946. The van der Waals surface area contributed by atoms with Crippen molar-refractivity contribution in [2.24, 2.45) is 5.92 Å². The SMILES string of the molecule is COc1ccccc1CCNC(=O)[C@H]1c2ccccc2C(=O)N(CC(C)C)C12CCCC2. The third-order valence-corrected chi connectivity index (χ3v) is 6.99. The Kier molecular flexibility index (Phi) is 6.54. The first kappa shape index (κ1) is 22.4. The molecule has 1 N–H and O–H groups in total. The molecular weight excluding hydrogens is 400 g/mol. The van der Waals surface area contributed by atoms with Crippen molar-refractivity contribution in [2.75, 3.05) is 20.2 Å². The van der Waals surface area contributed by atoms with Crippen LogP contribution in [-0.4, -0.2) is 42.5 Å². The number of nitrogens with one attached hydrogen (secondary N) is 1. The van der Waals surface area contributed by atoms with Crippen molar-refractivity contribution >= 4 is 11.8 Å². The van der Waals surface area contributed by atoms with Crippen molar-refractivity contribution in [2.45, 2.75) is 57.4 Å². The van der Waals surface area contributed by atoms with E-state index in [1.54, 1.807) is 7.11 Å². The topological polar surface area (TPSA) is 58.6 Å². The van der Waals surface area contributed by atoms with Crippen LogP contribution < -0.4 is 10.1 Å². The minimum atomic E-state index is -0.426. The van der Waals surface area contributed by atoms with Gasteiger partial charge in [0.15, 0.2) is 0 Å². The van der Waals surface area contributed by atoms with Gasteiger partial charge in [0.2, 0.25) is 5.91 Å².